The van der Waals surface area contributed by atoms with Gasteiger partial charge in [0.2, 0.25) is 0 Å². The van der Waals surface area contributed by atoms with Gasteiger partial charge in [0.15, 0.2) is 0 Å². The molecule has 0 heterocycles. The number of rotatable bonds is 4. The molecule has 2 aromatic carbocycles. The molecule has 0 aliphatic heterocycles. The summed E-state index contributed by atoms with van der Waals surface area (Å²) in [4.78, 5) is 0. The maximum absolute atomic E-state index is 2.91. The van der Waals surface area contributed by atoms with Crippen LogP contribution >= 0.6 is 0 Å². The average molecular weight is 450 g/mol. The molecule has 3 heteroatoms. The van der Waals surface area contributed by atoms with Crippen molar-refractivity contribution < 1.29 is 0 Å². The van der Waals surface area contributed by atoms with Crippen LogP contribution in [0.2, 0.25) is 22.8 Å². The first kappa shape index (κ1) is 16.5. The molecule has 0 saturated carbocycles. The Morgan fingerprint density at radius 2 is 1.05 bits per heavy atom. The number of benzene rings is 2. The topological polar surface area (TPSA) is 0 Å². The Kier molecular flexibility index (Phi) is 6.10. The van der Waals surface area contributed by atoms with E-state index in [1.54, 1.807) is 8.70 Å². The van der Waals surface area contributed by atoms with Gasteiger partial charge in [-0.3, -0.25) is 0 Å². The van der Waals surface area contributed by atoms with E-state index < -0.39 is 29.3 Å². The third kappa shape index (κ3) is 3.65. The Hall–Kier alpha value is 0.115. The zero-order valence-corrected chi connectivity index (χ0v) is 18.2. The van der Waals surface area contributed by atoms with Crippen LogP contribution in [0.15, 0.2) is 48.5 Å². The van der Waals surface area contributed by atoms with Crippen LogP contribution in [0.1, 0.15) is 15.8 Å². The van der Waals surface area contributed by atoms with Crippen LogP contribution in [0.25, 0.3) is 0 Å². The molecule has 0 aliphatic rings. The van der Waals surface area contributed by atoms with Crippen molar-refractivity contribution in [2.24, 2.45) is 0 Å². The van der Waals surface area contributed by atoms with Crippen molar-refractivity contribution in [3.63, 3.8) is 0 Å². The first-order valence-electron chi connectivity index (χ1n) is 6.73. The van der Waals surface area contributed by atoms with Gasteiger partial charge in [-0.05, 0) is 0 Å². The van der Waals surface area contributed by atoms with Gasteiger partial charge in [-0.25, -0.2) is 0 Å². The maximum atomic E-state index is 2.91. The first-order valence-corrected chi connectivity index (χ1v) is 17.2. The van der Waals surface area contributed by atoms with Gasteiger partial charge >= 0.3 is 142 Å². The van der Waals surface area contributed by atoms with Crippen LogP contribution in [0.4, 0.5) is 0 Å². The predicted octanol–water partition coefficient (Wildman–Crippen LogP) is 2.87. The van der Waals surface area contributed by atoms with E-state index in [1.807, 2.05) is 0 Å². The van der Waals surface area contributed by atoms with Gasteiger partial charge in [0.05, 0.1) is 0 Å². The van der Waals surface area contributed by atoms with E-state index in [2.05, 4.69) is 88.2 Å². The first-order chi connectivity index (χ1) is 9.52. The van der Waals surface area contributed by atoms with Crippen molar-refractivity contribution in [1.82, 2.24) is 0 Å². The Morgan fingerprint density at radius 1 is 0.700 bits per heavy atom. The summed E-state index contributed by atoms with van der Waals surface area (Å²) in [6.07, 6.45) is 0. The van der Waals surface area contributed by atoms with Crippen LogP contribution < -0.4 is 8.70 Å². The molecule has 0 atom stereocenters. The Labute approximate surface area is 141 Å². The SMILES string of the molecule is C[As](C)c1ccccc1C([As])c1ccccc1[As](C)C. The van der Waals surface area contributed by atoms with E-state index in [9.17, 15) is 0 Å². The minimum absolute atomic E-state index is 0.462. The monoisotopic (exact) mass is 450 g/mol. The molecule has 0 amide bonds. The minimum atomic E-state index is -0.854. The predicted molar refractivity (Wildman–Crippen MR) is 94.7 cm³/mol. The summed E-state index contributed by atoms with van der Waals surface area (Å²) < 4.78 is 3.70. The molecule has 2 aromatic rings. The molecular formula is C17H21As3. The third-order valence-electron chi connectivity index (χ3n) is 3.43. The van der Waals surface area contributed by atoms with Crippen molar-refractivity contribution >= 4 is 54.9 Å². The van der Waals surface area contributed by atoms with Gasteiger partial charge in [-0.2, -0.15) is 0 Å². The third-order valence-corrected chi connectivity index (χ3v) is 10.3. The standard InChI is InChI=1S/C17H21As3/c1-19(2)15-11-7-5-9-13(15)17(18)14-10-6-8-12-16(14)20(3)4/h5-12,17H,1-4H3. The van der Waals surface area contributed by atoms with E-state index in [-0.39, 0.29) is 0 Å². The number of hydrogen-bond donors (Lipinski definition) is 0. The van der Waals surface area contributed by atoms with Gasteiger partial charge in [-0.1, -0.05) is 0 Å². The van der Waals surface area contributed by atoms with Gasteiger partial charge in [0.25, 0.3) is 0 Å². The zero-order chi connectivity index (χ0) is 14.7. The summed E-state index contributed by atoms with van der Waals surface area (Å²) in [5.41, 5.74) is 12.8. The van der Waals surface area contributed by atoms with Gasteiger partial charge < -0.3 is 0 Å². The molecule has 20 heavy (non-hydrogen) atoms. The number of hydrogen-bond acceptors (Lipinski definition) is 0. The molecular weight excluding hydrogens is 429 g/mol. The molecule has 0 fully saturated rings. The quantitative estimate of drug-likeness (QED) is 0.629. The molecule has 0 bridgehead atoms. The van der Waals surface area contributed by atoms with Crippen LogP contribution in [-0.2, 0) is 0 Å². The summed E-state index contributed by atoms with van der Waals surface area (Å²) in [5, 5.41) is 0. The van der Waals surface area contributed by atoms with Crippen LogP contribution in [-0.4, -0.2) is 46.2 Å². The molecule has 0 unspecified atom stereocenters. The second kappa shape index (κ2) is 7.40. The fourth-order valence-electron chi connectivity index (χ4n) is 2.42. The van der Waals surface area contributed by atoms with E-state index >= 15 is 0 Å². The normalized spacial score (nSPS) is 11.6. The second-order valence-corrected chi connectivity index (χ2v) is 15.9. The zero-order valence-electron chi connectivity index (χ0n) is 12.5. The molecule has 0 spiro atoms. The Balaban J connectivity index is 2.50. The van der Waals surface area contributed by atoms with Gasteiger partial charge in [0.1, 0.15) is 0 Å². The van der Waals surface area contributed by atoms with Crippen LogP contribution in [0.3, 0.4) is 0 Å². The molecule has 0 aromatic heterocycles. The summed E-state index contributed by atoms with van der Waals surface area (Å²) >= 11 is 1.21. The average Bonchev–Trinajstić information content (AvgIpc) is 2.46. The molecule has 0 aliphatic carbocycles. The molecule has 0 N–H and O–H groups in total. The van der Waals surface area contributed by atoms with Crippen molar-refractivity contribution in [1.29, 1.82) is 0 Å². The molecule has 0 saturated heterocycles. The van der Waals surface area contributed by atoms with Crippen molar-refractivity contribution in [2.45, 2.75) is 27.6 Å². The molecule has 104 valence electrons. The van der Waals surface area contributed by atoms with Crippen molar-refractivity contribution in [3.8, 4) is 0 Å². The van der Waals surface area contributed by atoms with Crippen molar-refractivity contribution in [2.75, 3.05) is 0 Å². The summed E-state index contributed by atoms with van der Waals surface area (Å²) in [7, 11) is 0. The molecule has 0 nitrogen and oxygen atoms in total. The fraction of sp³-hybridized carbons (Fsp3) is 0.294. The van der Waals surface area contributed by atoms with E-state index in [0.29, 0.717) is 4.71 Å². The second-order valence-electron chi connectivity index (χ2n) is 5.31. The van der Waals surface area contributed by atoms with E-state index in [0.717, 1.165) is 0 Å². The summed E-state index contributed by atoms with van der Waals surface area (Å²) in [6, 6.07) is 18.1. The Morgan fingerprint density at radius 3 is 1.40 bits per heavy atom. The van der Waals surface area contributed by atoms with Gasteiger partial charge in [0, 0.05) is 0 Å². The van der Waals surface area contributed by atoms with Gasteiger partial charge in [-0.15, -0.1) is 0 Å². The molecule has 2 rings (SSSR count). The Bertz CT molecular complexity index is 524. The summed E-state index contributed by atoms with van der Waals surface area (Å²) in [5.74, 6) is 0. The van der Waals surface area contributed by atoms with Crippen LogP contribution in [0.5, 0.6) is 0 Å². The van der Waals surface area contributed by atoms with E-state index in [1.165, 1.54) is 11.1 Å². The van der Waals surface area contributed by atoms with Crippen LogP contribution in [0, 0.1) is 0 Å². The molecule has 2 radical (unpaired) electrons. The van der Waals surface area contributed by atoms with E-state index in [4.69, 9.17) is 0 Å². The summed E-state index contributed by atoms with van der Waals surface area (Å²) in [6.45, 7) is 0. The van der Waals surface area contributed by atoms with Crippen molar-refractivity contribution in [3.05, 3.63) is 59.7 Å². The fourth-order valence-corrected chi connectivity index (χ4v) is 8.96.